The van der Waals surface area contributed by atoms with E-state index in [1.165, 1.54) is 0 Å². The minimum atomic E-state index is -0.237. The van der Waals surface area contributed by atoms with E-state index in [0.29, 0.717) is 22.7 Å². The summed E-state index contributed by atoms with van der Waals surface area (Å²) in [5, 5.41) is 5.91. The number of hydrogen-bond donors (Lipinski definition) is 2. The van der Waals surface area contributed by atoms with E-state index in [2.05, 4.69) is 17.6 Å². The summed E-state index contributed by atoms with van der Waals surface area (Å²) in [5.74, 6) is 0.326. The predicted octanol–water partition coefficient (Wildman–Crippen LogP) is 4.89. The maximum absolute atomic E-state index is 12.9. The molecule has 0 bridgehead atoms. The lowest BCUT2D eigenvalue weighted by atomic mass is 9.98. The van der Waals surface area contributed by atoms with Crippen LogP contribution in [0.2, 0.25) is 0 Å². The van der Waals surface area contributed by atoms with Crippen molar-refractivity contribution in [1.82, 2.24) is 4.90 Å². The van der Waals surface area contributed by atoms with E-state index in [-0.39, 0.29) is 24.3 Å². The van der Waals surface area contributed by atoms with Gasteiger partial charge >= 0.3 is 0 Å². The summed E-state index contributed by atoms with van der Waals surface area (Å²) in [6.07, 6.45) is 2.09. The lowest BCUT2D eigenvalue weighted by Gasteiger charge is -2.30. The third kappa shape index (κ3) is 6.30. The average molecular weight is 485 g/mol. The van der Waals surface area contributed by atoms with E-state index >= 15 is 0 Å². The molecule has 36 heavy (non-hydrogen) atoms. The van der Waals surface area contributed by atoms with E-state index in [0.717, 1.165) is 37.3 Å². The maximum Gasteiger partial charge on any atom is 0.258 e. The Morgan fingerprint density at radius 1 is 0.861 bits per heavy atom. The quantitative estimate of drug-likeness (QED) is 0.501. The molecule has 0 radical (unpaired) electrons. The molecule has 0 unspecified atom stereocenters. The lowest BCUT2D eigenvalue weighted by Crippen LogP contribution is -2.37. The molecule has 0 aliphatic carbocycles. The van der Waals surface area contributed by atoms with Gasteiger partial charge in [-0.25, -0.2) is 0 Å². The summed E-state index contributed by atoms with van der Waals surface area (Å²) in [6, 6.07) is 23.5. The normalized spacial score (nSPS) is 13.7. The SMILES string of the molecule is CC1CCN(C(=O)c2ccc(NCC(=O)Nc3cccc(C(=O)N(C)c4ccccc4)c3)cc2)CC1. The number of para-hydroxylation sites is 1. The van der Waals surface area contributed by atoms with Crippen LogP contribution in [0.4, 0.5) is 17.1 Å². The van der Waals surface area contributed by atoms with Gasteiger partial charge in [0.25, 0.3) is 11.8 Å². The molecule has 1 aliphatic heterocycles. The molecule has 3 aromatic rings. The summed E-state index contributed by atoms with van der Waals surface area (Å²) in [4.78, 5) is 41.5. The highest BCUT2D eigenvalue weighted by atomic mass is 16.2. The fourth-order valence-electron chi connectivity index (χ4n) is 4.20. The van der Waals surface area contributed by atoms with Gasteiger partial charge in [0, 0.05) is 48.3 Å². The predicted molar refractivity (Wildman–Crippen MR) is 143 cm³/mol. The van der Waals surface area contributed by atoms with Gasteiger partial charge in [-0.1, -0.05) is 31.2 Å². The minimum Gasteiger partial charge on any atom is -0.376 e. The van der Waals surface area contributed by atoms with Crippen LogP contribution in [0.1, 0.15) is 40.5 Å². The van der Waals surface area contributed by atoms with Crippen molar-refractivity contribution >= 4 is 34.8 Å². The van der Waals surface area contributed by atoms with Crippen molar-refractivity contribution in [3.05, 3.63) is 90.0 Å². The summed E-state index contributed by atoms with van der Waals surface area (Å²) in [6.45, 7) is 3.88. The Morgan fingerprint density at radius 2 is 1.56 bits per heavy atom. The molecule has 0 spiro atoms. The number of likely N-dealkylation sites (tertiary alicyclic amines) is 1. The first kappa shape index (κ1) is 25.0. The van der Waals surface area contributed by atoms with Crippen molar-refractivity contribution in [2.45, 2.75) is 19.8 Å². The van der Waals surface area contributed by atoms with Crippen LogP contribution < -0.4 is 15.5 Å². The number of nitrogens with one attached hydrogen (secondary N) is 2. The second kappa shape index (κ2) is 11.5. The van der Waals surface area contributed by atoms with E-state index < -0.39 is 0 Å². The monoisotopic (exact) mass is 484 g/mol. The smallest absolute Gasteiger partial charge is 0.258 e. The molecule has 0 atom stereocenters. The maximum atomic E-state index is 12.9. The number of benzene rings is 3. The van der Waals surface area contributed by atoms with Crippen LogP contribution in [0.3, 0.4) is 0 Å². The molecular weight excluding hydrogens is 452 g/mol. The molecule has 7 nitrogen and oxygen atoms in total. The lowest BCUT2D eigenvalue weighted by molar-refractivity contribution is -0.114. The molecular formula is C29H32N4O3. The van der Waals surface area contributed by atoms with E-state index in [4.69, 9.17) is 0 Å². The highest BCUT2D eigenvalue weighted by Crippen LogP contribution is 2.20. The second-order valence-electron chi connectivity index (χ2n) is 9.23. The van der Waals surface area contributed by atoms with E-state index in [1.54, 1.807) is 48.3 Å². The summed E-state index contributed by atoms with van der Waals surface area (Å²) < 4.78 is 0. The number of carbonyl (C=O) groups is 3. The van der Waals surface area contributed by atoms with Crippen LogP contribution in [0.15, 0.2) is 78.9 Å². The number of hydrogen-bond acceptors (Lipinski definition) is 4. The fraction of sp³-hybridized carbons (Fsp3) is 0.276. The van der Waals surface area contributed by atoms with Crippen molar-refractivity contribution in [1.29, 1.82) is 0 Å². The van der Waals surface area contributed by atoms with Gasteiger partial charge in [0.2, 0.25) is 5.91 Å². The van der Waals surface area contributed by atoms with Crippen molar-refractivity contribution in [3.63, 3.8) is 0 Å². The first-order valence-electron chi connectivity index (χ1n) is 12.3. The summed E-state index contributed by atoms with van der Waals surface area (Å²) in [7, 11) is 1.72. The Kier molecular flexibility index (Phi) is 8.00. The van der Waals surface area contributed by atoms with Gasteiger partial charge in [-0.2, -0.15) is 0 Å². The molecule has 0 aromatic heterocycles. The molecule has 2 N–H and O–H groups in total. The average Bonchev–Trinajstić information content (AvgIpc) is 2.92. The van der Waals surface area contributed by atoms with Crippen molar-refractivity contribution in [2.24, 2.45) is 5.92 Å². The molecule has 1 fully saturated rings. The largest absolute Gasteiger partial charge is 0.376 e. The van der Waals surface area contributed by atoms with Gasteiger partial charge in [0.1, 0.15) is 0 Å². The molecule has 4 rings (SSSR count). The number of piperidine rings is 1. The van der Waals surface area contributed by atoms with Crippen LogP contribution in [0, 0.1) is 5.92 Å². The molecule has 1 heterocycles. The molecule has 186 valence electrons. The van der Waals surface area contributed by atoms with Crippen molar-refractivity contribution in [2.75, 3.05) is 42.2 Å². The Hall–Kier alpha value is -4.13. The van der Waals surface area contributed by atoms with Crippen molar-refractivity contribution < 1.29 is 14.4 Å². The zero-order chi connectivity index (χ0) is 25.5. The van der Waals surface area contributed by atoms with E-state index in [9.17, 15) is 14.4 Å². The number of rotatable bonds is 7. The highest BCUT2D eigenvalue weighted by Gasteiger charge is 2.21. The van der Waals surface area contributed by atoms with Gasteiger partial charge in [0.05, 0.1) is 6.54 Å². The van der Waals surface area contributed by atoms with Crippen molar-refractivity contribution in [3.8, 4) is 0 Å². The second-order valence-corrected chi connectivity index (χ2v) is 9.23. The number of amides is 3. The molecule has 1 saturated heterocycles. The van der Waals surface area contributed by atoms with Gasteiger partial charge in [-0.3, -0.25) is 14.4 Å². The number of carbonyl (C=O) groups excluding carboxylic acids is 3. The minimum absolute atomic E-state index is 0.0542. The number of nitrogens with zero attached hydrogens (tertiary/aromatic N) is 2. The van der Waals surface area contributed by atoms with E-state index in [1.807, 2.05) is 47.4 Å². The van der Waals surface area contributed by atoms with Gasteiger partial charge in [0.15, 0.2) is 0 Å². The van der Waals surface area contributed by atoms with Gasteiger partial charge in [-0.05, 0) is 73.4 Å². The third-order valence-corrected chi connectivity index (χ3v) is 6.50. The van der Waals surface area contributed by atoms with Gasteiger partial charge < -0.3 is 20.4 Å². The topological polar surface area (TPSA) is 81.8 Å². The van der Waals surface area contributed by atoms with Crippen LogP contribution >= 0.6 is 0 Å². The van der Waals surface area contributed by atoms with Crippen LogP contribution in [-0.2, 0) is 4.79 Å². The zero-order valence-corrected chi connectivity index (χ0v) is 20.7. The molecule has 1 aliphatic rings. The van der Waals surface area contributed by atoms with Gasteiger partial charge in [-0.15, -0.1) is 0 Å². The molecule has 3 aromatic carbocycles. The first-order chi connectivity index (χ1) is 17.4. The standard InChI is InChI=1S/C29H32N4O3/c1-21-15-17-33(18-16-21)29(36)22-11-13-24(14-12-22)30-20-27(34)31-25-8-6-7-23(19-25)28(35)32(2)26-9-4-3-5-10-26/h3-14,19,21,30H,15-18,20H2,1-2H3,(H,31,34). The Bertz CT molecular complexity index is 1200. The Morgan fingerprint density at radius 3 is 2.25 bits per heavy atom. The fourth-order valence-corrected chi connectivity index (χ4v) is 4.20. The van der Waals surface area contributed by atoms with Crippen LogP contribution in [0.5, 0.6) is 0 Å². The molecule has 0 saturated carbocycles. The summed E-state index contributed by atoms with van der Waals surface area (Å²) >= 11 is 0. The molecule has 3 amide bonds. The highest BCUT2D eigenvalue weighted by molar-refractivity contribution is 6.06. The Labute approximate surface area is 212 Å². The van der Waals surface area contributed by atoms with Crippen LogP contribution in [0.25, 0.3) is 0 Å². The molecule has 7 heteroatoms. The number of anilines is 3. The van der Waals surface area contributed by atoms with Crippen LogP contribution in [-0.4, -0.2) is 49.3 Å². The third-order valence-electron chi connectivity index (χ3n) is 6.50. The Balaban J connectivity index is 1.29. The summed E-state index contributed by atoms with van der Waals surface area (Å²) in [5.41, 5.74) is 3.23. The zero-order valence-electron chi connectivity index (χ0n) is 20.7. The first-order valence-corrected chi connectivity index (χ1v) is 12.3.